The quantitative estimate of drug-likeness (QED) is 0.151. The van der Waals surface area contributed by atoms with Gasteiger partial charge in [0.1, 0.15) is 17.1 Å². The van der Waals surface area contributed by atoms with Crippen molar-refractivity contribution in [3.05, 3.63) is 132 Å². The van der Waals surface area contributed by atoms with Gasteiger partial charge in [-0.15, -0.1) is 0 Å². The average Bonchev–Trinajstić information content (AvgIpc) is 3.37. The minimum absolute atomic E-state index is 0.166. The molecule has 0 atom stereocenters. The smallest absolute Gasteiger partial charge is 0.348 e. The van der Waals surface area contributed by atoms with Crippen molar-refractivity contribution in [2.75, 3.05) is 0 Å². The molecule has 1 aliphatic rings. The number of ether oxygens (including phenoxy) is 2. The summed E-state index contributed by atoms with van der Waals surface area (Å²) in [5.74, 6) is 0.840. The van der Waals surface area contributed by atoms with Gasteiger partial charge in [0, 0.05) is 13.8 Å². The molecule has 5 nitrogen and oxygen atoms in total. The van der Waals surface area contributed by atoms with Crippen LogP contribution in [0.5, 0.6) is 0 Å². The molecule has 190 valence electrons. The fourth-order valence-electron chi connectivity index (χ4n) is 4.41. The van der Waals surface area contributed by atoms with Gasteiger partial charge in [0.05, 0.1) is 0 Å². The van der Waals surface area contributed by atoms with Crippen molar-refractivity contribution in [3.63, 3.8) is 0 Å². The van der Waals surface area contributed by atoms with Crippen molar-refractivity contribution in [1.29, 1.82) is 0 Å². The number of furan rings is 1. The van der Waals surface area contributed by atoms with Gasteiger partial charge in [-0.2, -0.15) is 0 Å². The van der Waals surface area contributed by atoms with Gasteiger partial charge < -0.3 is 13.9 Å². The SMILES string of the molecule is CC1(C)OC(=O)C(=CC=Cc2ccc(C=P(c3ccccc3)(c3ccccc3)c3ccccc3)o2)C(=O)O1. The van der Waals surface area contributed by atoms with Crippen molar-refractivity contribution in [2.45, 2.75) is 19.6 Å². The molecular formula is C32H27O5P. The topological polar surface area (TPSA) is 65.7 Å². The van der Waals surface area contributed by atoms with Gasteiger partial charge in [0.2, 0.25) is 0 Å². The predicted molar refractivity (Wildman–Crippen MR) is 152 cm³/mol. The number of esters is 2. The lowest BCUT2D eigenvalue weighted by Gasteiger charge is -2.29. The lowest BCUT2D eigenvalue weighted by atomic mass is 10.2. The van der Waals surface area contributed by atoms with E-state index in [4.69, 9.17) is 13.9 Å². The van der Waals surface area contributed by atoms with Crippen LogP contribution < -0.4 is 15.9 Å². The van der Waals surface area contributed by atoms with Gasteiger partial charge in [-0.3, -0.25) is 0 Å². The van der Waals surface area contributed by atoms with Crippen molar-refractivity contribution in [2.24, 2.45) is 0 Å². The lowest BCUT2D eigenvalue weighted by molar-refractivity contribution is -0.222. The number of carbonyl (C=O) groups excluding carboxylic acids is 2. The standard InChI is InChI=1S/C32H27O5P/c1-32(2)36-30(33)29(31(34)37-32)20-12-13-24-21-22-25(35-24)23-38(26-14-6-3-7-15-26,27-16-8-4-9-17-27)28-18-10-5-11-19-28/h3-23H,1-2H3. The van der Waals surface area contributed by atoms with E-state index in [0.717, 1.165) is 5.76 Å². The summed E-state index contributed by atoms with van der Waals surface area (Å²) < 4.78 is 16.5. The molecule has 2 heterocycles. The molecule has 38 heavy (non-hydrogen) atoms. The molecule has 1 aromatic heterocycles. The molecule has 1 fully saturated rings. The molecule has 0 amide bonds. The highest BCUT2D eigenvalue weighted by Gasteiger charge is 2.38. The molecule has 0 spiro atoms. The van der Waals surface area contributed by atoms with Gasteiger partial charge in [0.15, 0.2) is 0 Å². The second kappa shape index (κ2) is 10.6. The Balaban J connectivity index is 1.56. The number of rotatable bonds is 6. The molecule has 0 aliphatic carbocycles. The Labute approximate surface area is 222 Å². The molecule has 0 N–H and O–H groups in total. The normalized spacial score (nSPS) is 15.2. The van der Waals surface area contributed by atoms with E-state index in [1.54, 1.807) is 12.2 Å². The minimum atomic E-state index is -2.22. The summed E-state index contributed by atoms with van der Waals surface area (Å²) in [6.45, 7) is 0.811. The van der Waals surface area contributed by atoms with E-state index in [1.165, 1.54) is 35.8 Å². The Morgan fingerprint density at radius 2 is 1.08 bits per heavy atom. The van der Waals surface area contributed by atoms with Gasteiger partial charge >= 0.3 is 11.9 Å². The fourth-order valence-corrected chi connectivity index (χ4v) is 8.20. The summed E-state index contributed by atoms with van der Waals surface area (Å²) >= 11 is 0. The summed E-state index contributed by atoms with van der Waals surface area (Å²) in [7, 11) is 0. The Morgan fingerprint density at radius 1 is 0.632 bits per heavy atom. The lowest BCUT2D eigenvalue weighted by Crippen LogP contribution is -2.41. The van der Waals surface area contributed by atoms with Crippen molar-refractivity contribution in [3.8, 4) is 0 Å². The molecule has 1 aliphatic heterocycles. The summed E-state index contributed by atoms with van der Waals surface area (Å²) in [6.07, 6.45) is 4.64. The monoisotopic (exact) mass is 522 g/mol. The van der Waals surface area contributed by atoms with Crippen LogP contribution in [0.2, 0.25) is 0 Å². The number of allylic oxidation sites excluding steroid dienone is 2. The third-order valence-corrected chi connectivity index (χ3v) is 10.1. The highest BCUT2D eigenvalue weighted by atomic mass is 31.2. The van der Waals surface area contributed by atoms with Crippen LogP contribution in [0, 0.1) is 0 Å². The Morgan fingerprint density at radius 3 is 1.55 bits per heavy atom. The van der Waals surface area contributed by atoms with Crippen LogP contribution in [0.4, 0.5) is 0 Å². The summed E-state index contributed by atoms with van der Waals surface area (Å²) in [5.41, 5.74) is -0.166. The van der Waals surface area contributed by atoms with Crippen LogP contribution in [0.1, 0.15) is 25.4 Å². The molecule has 0 saturated carbocycles. The van der Waals surface area contributed by atoms with Gasteiger partial charge in [-0.25, -0.2) is 9.59 Å². The number of cyclic esters (lactones) is 2. The van der Waals surface area contributed by atoms with E-state index in [1.807, 2.05) is 30.3 Å². The average molecular weight is 523 g/mol. The second-order valence-electron chi connectivity index (χ2n) is 9.22. The molecule has 4 aromatic rings. The third-order valence-electron chi connectivity index (χ3n) is 6.10. The Hall–Kier alpha value is -4.34. The van der Waals surface area contributed by atoms with Crippen LogP contribution in [0.15, 0.2) is 125 Å². The maximum atomic E-state index is 12.2. The maximum Gasteiger partial charge on any atom is 0.348 e. The van der Waals surface area contributed by atoms with Gasteiger partial charge in [-0.1, -0.05) is 97.1 Å². The molecule has 5 rings (SSSR count). The number of hydrogen-bond donors (Lipinski definition) is 0. The van der Waals surface area contributed by atoms with Crippen molar-refractivity contribution < 1.29 is 23.5 Å². The largest absolute Gasteiger partial charge is 0.457 e. The summed E-state index contributed by atoms with van der Waals surface area (Å²) in [6, 6.07) is 35.3. The molecule has 6 heteroatoms. The first-order valence-corrected chi connectivity index (χ1v) is 14.1. The first kappa shape index (κ1) is 25.3. The van der Waals surface area contributed by atoms with Crippen LogP contribution in [-0.4, -0.2) is 23.5 Å². The summed E-state index contributed by atoms with van der Waals surface area (Å²) in [5, 5.41) is 3.65. The second-order valence-corrected chi connectivity index (χ2v) is 12.5. The Kier molecular flexibility index (Phi) is 7.04. The molecule has 0 radical (unpaired) electrons. The zero-order valence-corrected chi connectivity index (χ0v) is 22.0. The molecule has 0 unspecified atom stereocenters. The van der Waals surface area contributed by atoms with E-state index in [2.05, 4.69) is 78.6 Å². The highest BCUT2D eigenvalue weighted by Crippen LogP contribution is 2.44. The number of hydrogen-bond acceptors (Lipinski definition) is 5. The molecular weight excluding hydrogens is 495 g/mol. The first-order chi connectivity index (χ1) is 18.4. The van der Waals surface area contributed by atoms with E-state index in [-0.39, 0.29) is 5.57 Å². The van der Waals surface area contributed by atoms with E-state index < -0.39 is 24.6 Å². The van der Waals surface area contributed by atoms with Crippen molar-refractivity contribution in [1.82, 2.24) is 0 Å². The van der Waals surface area contributed by atoms with Crippen LogP contribution in [0.3, 0.4) is 0 Å². The van der Waals surface area contributed by atoms with E-state index in [9.17, 15) is 9.59 Å². The minimum Gasteiger partial charge on any atom is -0.457 e. The molecule has 3 aromatic carbocycles. The van der Waals surface area contributed by atoms with Crippen LogP contribution >= 0.6 is 6.89 Å². The first-order valence-electron chi connectivity index (χ1n) is 12.2. The van der Waals surface area contributed by atoms with Gasteiger partial charge in [-0.05, 0) is 52.9 Å². The fraction of sp³-hybridized carbons (Fsp3) is 0.0938. The van der Waals surface area contributed by atoms with E-state index >= 15 is 0 Å². The third kappa shape index (κ3) is 5.20. The maximum absolute atomic E-state index is 12.2. The van der Waals surface area contributed by atoms with Crippen molar-refractivity contribution >= 4 is 46.6 Å². The highest BCUT2D eigenvalue weighted by molar-refractivity contribution is 7.94. The molecule has 0 bridgehead atoms. The zero-order chi connectivity index (χ0) is 26.6. The van der Waals surface area contributed by atoms with Crippen LogP contribution in [-0.2, 0) is 19.1 Å². The van der Waals surface area contributed by atoms with E-state index in [0.29, 0.717) is 5.76 Å². The molecule has 1 saturated heterocycles. The van der Waals surface area contributed by atoms with Gasteiger partial charge in [0.25, 0.3) is 5.79 Å². The Bertz CT molecular complexity index is 1440. The number of benzene rings is 3. The zero-order valence-electron chi connectivity index (χ0n) is 21.1. The summed E-state index contributed by atoms with van der Waals surface area (Å²) in [4.78, 5) is 24.4. The number of carbonyl (C=O) groups is 2. The van der Waals surface area contributed by atoms with Crippen LogP contribution in [0.25, 0.3) is 6.08 Å². The predicted octanol–water partition coefficient (Wildman–Crippen LogP) is 5.20.